The summed E-state index contributed by atoms with van der Waals surface area (Å²) in [5, 5.41) is 0. The predicted octanol–water partition coefficient (Wildman–Crippen LogP) is 21.8. The number of unbranched alkanes of at least 4 members (excludes halogenated alkanes) is 24. The second-order valence-corrected chi connectivity index (χ2v) is 23.1. The van der Waals surface area contributed by atoms with E-state index >= 15 is 8.78 Å². The zero-order chi connectivity index (χ0) is 45.8. The molecule has 1 aromatic carbocycles. The van der Waals surface area contributed by atoms with Gasteiger partial charge in [-0.05, 0) is 80.8 Å². The van der Waals surface area contributed by atoms with Crippen LogP contribution in [0.3, 0.4) is 0 Å². The van der Waals surface area contributed by atoms with Gasteiger partial charge in [0, 0.05) is 9.75 Å². The summed E-state index contributed by atoms with van der Waals surface area (Å²) in [6.45, 7) is 9.17. The summed E-state index contributed by atoms with van der Waals surface area (Å²) in [5.74, 6) is -0.526. The molecule has 360 valence electrons. The van der Waals surface area contributed by atoms with E-state index in [4.69, 9.17) is 9.97 Å². The molecule has 8 heteroatoms. The summed E-state index contributed by atoms with van der Waals surface area (Å²) in [4.78, 5) is 15.2. The van der Waals surface area contributed by atoms with Crippen molar-refractivity contribution in [2.45, 2.75) is 246 Å². The molecule has 0 bridgehead atoms. The Morgan fingerprint density at radius 3 is 0.953 bits per heavy atom. The minimum absolute atomic E-state index is 0.0232. The second kappa shape index (κ2) is 33.3. The van der Waals surface area contributed by atoms with Gasteiger partial charge in [0.15, 0.2) is 11.6 Å². The van der Waals surface area contributed by atoms with E-state index in [-0.39, 0.29) is 8.95 Å². The molecule has 2 atom stereocenters. The lowest BCUT2D eigenvalue weighted by Crippen LogP contribution is -2.04. The first kappa shape index (κ1) is 55.4. The topological polar surface area (TPSA) is 25.8 Å². The number of fused-ring (bicyclic) bond motifs is 1. The van der Waals surface area contributed by atoms with E-state index in [0.717, 1.165) is 34.0 Å². The van der Waals surface area contributed by atoms with Crippen LogP contribution in [0.25, 0.3) is 32.2 Å². The molecular weight excluding hydrogens is 963 g/mol. The molecule has 0 aliphatic heterocycles. The molecule has 0 aliphatic rings. The third-order valence-corrected chi connectivity index (χ3v) is 17.2. The molecule has 0 saturated carbocycles. The molecule has 0 saturated heterocycles. The van der Waals surface area contributed by atoms with Crippen molar-refractivity contribution in [3.8, 4) is 21.1 Å². The van der Waals surface area contributed by atoms with E-state index in [2.05, 4.69) is 83.8 Å². The van der Waals surface area contributed by atoms with Gasteiger partial charge in [-0.1, -0.05) is 233 Å². The Morgan fingerprint density at radius 2 is 0.672 bits per heavy atom. The summed E-state index contributed by atoms with van der Waals surface area (Å²) in [5.41, 5.74) is 2.20. The summed E-state index contributed by atoms with van der Waals surface area (Å²) in [6, 6.07) is 9.00. The van der Waals surface area contributed by atoms with Crippen LogP contribution < -0.4 is 0 Å². The van der Waals surface area contributed by atoms with E-state index in [1.54, 1.807) is 0 Å². The highest BCUT2D eigenvalue weighted by molar-refractivity contribution is 9.11. The Balaban J connectivity index is 1.55. The first-order valence-electron chi connectivity index (χ1n) is 26.5. The third-order valence-electron chi connectivity index (χ3n) is 13.5. The lowest BCUT2D eigenvalue weighted by molar-refractivity contribution is 0.402. The predicted molar refractivity (Wildman–Crippen MR) is 286 cm³/mol. The van der Waals surface area contributed by atoms with Gasteiger partial charge in [0.2, 0.25) is 0 Å². The molecule has 4 aromatic rings. The maximum atomic E-state index is 15.2. The van der Waals surface area contributed by atoms with Gasteiger partial charge in [-0.2, -0.15) is 0 Å². The number of rotatable bonds is 38. The molecule has 3 heterocycles. The van der Waals surface area contributed by atoms with E-state index in [9.17, 15) is 0 Å². The molecule has 0 N–H and O–H groups in total. The minimum atomic E-state index is -0.941. The van der Waals surface area contributed by atoms with Crippen LogP contribution >= 0.6 is 54.5 Å². The number of thiophene rings is 2. The molecule has 0 amide bonds. The maximum absolute atomic E-state index is 15.2. The van der Waals surface area contributed by atoms with Crippen LogP contribution in [0.2, 0.25) is 0 Å². The monoisotopic (exact) mass is 1050 g/mol. The van der Waals surface area contributed by atoms with Gasteiger partial charge < -0.3 is 0 Å². The van der Waals surface area contributed by atoms with Crippen LogP contribution in [0.1, 0.15) is 243 Å². The molecule has 0 aliphatic carbocycles. The fourth-order valence-electron chi connectivity index (χ4n) is 9.54. The molecule has 64 heavy (non-hydrogen) atoms. The fourth-order valence-corrected chi connectivity index (χ4v) is 12.7. The van der Waals surface area contributed by atoms with Gasteiger partial charge in [0.25, 0.3) is 0 Å². The van der Waals surface area contributed by atoms with Crippen LogP contribution in [0.15, 0.2) is 33.2 Å². The molecular formula is C56H86Br2F2N2S2. The Hall–Kier alpha value is -1.22. The smallest absolute Gasteiger partial charge is 0.176 e. The molecule has 0 radical (unpaired) electrons. The van der Waals surface area contributed by atoms with Gasteiger partial charge in [-0.3, -0.25) is 0 Å². The molecule has 2 nitrogen and oxygen atoms in total. The minimum Gasteiger partial charge on any atom is -0.242 e. The number of hydrogen-bond donors (Lipinski definition) is 0. The maximum Gasteiger partial charge on any atom is 0.176 e. The van der Waals surface area contributed by atoms with Crippen LogP contribution in [-0.2, 0) is 12.8 Å². The van der Waals surface area contributed by atoms with Crippen LogP contribution in [0.4, 0.5) is 8.78 Å². The largest absolute Gasteiger partial charge is 0.242 e. The lowest BCUT2D eigenvalue weighted by atomic mass is 9.91. The van der Waals surface area contributed by atoms with Gasteiger partial charge in [0.1, 0.15) is 22.4 Å². The molecule has 0 fully saturated rings. The van der Waals surface area contributed by atoms with Crippen molar-refractivity contribution in [3.63, 3.8) is 0 Å². The Morgan fingerprint density at radius 1 is 0.406 bits per heavy atom. The molecule has 2 unspecified atom stereocenters. The highest BCUT2D eigenvalue weighted by Gasteiger charge is 2.25. The molecule has 0 spiro atoms. The van der Waals surface area contributed by atoms with Gasteiger partial charge in [-0.25, -0.2) is 18.7 Å². The van der Waals surface area contributed by atoms with Crippen LogP contribution in [0.5, 0.6) is 0 Å². The Bertz CT molecular complexity index is 1710. The van der Waals surface area contributed by atoms with E-state index in [1.807, 2.05) is 22.7 Å². The average molecular weight is 1050 g/mol. The number of benzene rings is 1. The highest BCUT2D eigenvalue weighted by Crippen LogP contribution is 2.43. The van der Waals surface area contributed by atoms with Crippen molar-refractivity contribution in [1.29, 1.82) is 0 Å². The van der Waals surface area contributed by atoms with Crippen molar-refractivity contribution in [2.24, 2.45) is 11.8 Å². The van der Waals surface area contributed by atoms with Gasteiger partial charge >= 0.3 is 0 Å². The molecule has 4 rings (SSSR count). The van der Waals surface area contributed by atoms with Crippen LogP contribution in [-0.4, -0.2) is 9.97 Å². The van der Waals surface area contributed by atoms with E-state index in [0.29, 0.717) is 22.9 Å². The number of nitrogens with zero attached hydrogens (tertiary/aromatic N) is 2. The first-order chi connectivity index (χ1) is 31.3. The van der Waals surface area contributed by atoms with E-state index < -0.39 is 11.6 Å². The zero-order valence-electron chi connectivity index (χ0n) is 40.7. The molecule has 3 aromatic heterocycles. The summed E-state index contributed by atoms with van der Waals surface area (Å²) < 4.78 is 30.5. The normalized spacial score (nSPS) is 12.8. The summed E-state index contributed by atoms with van der Waals surface area (Å²) in [6.07, 6.45) is 45.0. The van der Waals surface area contributed by atoms with E-state index in [1.165, 1.54) is 215 Å². The van der Waals surface area contributed by atoms with Crippen LogP contribution in [0, 0.1) is 23.5 Å². The third kappa shape index (κ3) is 19.8. The lowest BCUT2D eigenvalue weighted by Gasteiger charge is -2.16. The van der Waals surface area contributed by atoms with Crippen molar-refractivity contribution in [2.75, 3.05) is 0 Å². The standard InChI is InChI=1S/C56H86Br2F2N2S2/c1-5-9-13-17-21-23-27-31-35-43(33-29-25-19-15-11-7-3)41-45-37-39-47(63-45)53-54(62-56-50(58)52(60)51(59)49(57)55(56)61-53)48-40-38-46(64-48)42-44(34-30-26-20-16-12-8-4)36-32-28-24-22-18-14-10-6-2/h37-40,43-44H,5-36,41-42H2,1-4H3. The Labute approximate surface area is 415 Å². The summed E-state index contributed by atoms with van der Waals surface area (Å²) >= 11 is 10.4. The van der Waals surface area contributed by atoms with Crippen molar-refractivity contribution in [3.05, 3.63) is 54.6 Å². The Kier molecular flexibility index (Phi) is 28.8. The second-order valence-electron chi connectivity index (χ2n) is 19.2. The summed E-state index contributed by atoms with van der Waals surface area (Å²) in [7, 11) is 0. The number of halogens is 4. The van der Waals surface area contributed by atoms with Crippen molar-refractivity contribution >= 4 is 65.6 Å². The van der Waals surface area contributed by atoms with Crippen molar-refractivity contribution in [1.82, 2.24) is 9.97 Å². The number of aromatic nitrogens is 2. The van der Waals surface area contributed by atoms with Gasteiger partial charge in [-0.15, -0.1) is 22.7 Å². The SMILES string of the molecule is CCCCCCCCCCC(CCCCCCCC)Cc1ccc(-c2nc3c(Br)c(F)c(F)c(Br)c3nc2-c2ccc(CC(CCCCCCCC)CCCCCCCCCC)s2)s1. The average Bonchev–Trinajstić information content (AvgIpc) is 3.98. The van der Waals surface area contributed by atoms with Gasteiger partial charge in [0.05, 0.1) is 18.7 Å². The van der Waals surface area contributed by atoms with Crippen molar-refractivity contribution < 1.29 is 8.78 Å². The zero-order valence-corrected chi connectivity index (χ0v) is 45.5. The highest BCUT2D eigenvalue weighted by atomic mass is 79.9. The quantitative estimate of drug-likeness (QED) is 0.0254. The first-order valence-corrected chi connectivity index (χ1v) is 29.7. The number of hydrogen-bond acceptors (Lipinski definition) is 4. The fraction of sp³-hybridized carbons (Fsp3) is 0.714.